The summed E-state index contributed by atoms with van der Waals surface area (Å²) in [6, 6.07) is 29.4. The number of ether oxygens (including phenoxy) is 1. The van der Waals surface area contributed by atoms with Gasteiger partial charge in [-0.05, 0) is 54.8 Å². The fourth-order valence-electron chi connectivity index (χ4n) is 4.82. The molecule has 1 aliphatic rings. The van der Waals surface area contributed by atoms with Gasteiger partial charge in [0.15, 0.2) is 5.13 Å². The van der Waals surface area contributed by atoms with Gasteiger partial charge in [0.05, 0.1) is 21.8 Å². The van der Waals surface area contributed by atoms with E-state index < -0.39 is 17.7 Å². The van der Waals surface area contributed by atoms with Gasteiger partial charge in [-0.3, -0.25) is 14.5 Å². The number of fused-ring (bicyclic) bond motifs is 1. The minimum absolute atomic E-state index is 0.0299. The maximum Gasteiger partial charge on any atom is 0.301 e. The van der Waals surface area contributed by atoms with E-state index in [4.69, 9.17) is 9.72 Å². The van der Waals surface area contributed by atoms with Crippen LogP contribution in [0.4, 0.5) is 5.13 Å². The van der Waals surface area contributed by atoms with Crippen molar-refractivity contribution in [3.05, 3.63) is 130 Å². The molecule has 7 heteroatoms. The van der Waals surface area contributed by atoms with Gasteiger partial charge in [0, 0.05) is 5.56 Å². The van der Waals surface area contributed by atoms with E-state index in [1.54, 1.807) is 12.1 Å². The number of aliphatic hydroxyl groups excluding tert-OH is 1. The van der Waals surface area contributed by atoms with Gasteiger partial charge in [0.25, 0.3) is 5.78 Å². The van der Waals surface area contributed by atoms with Crippen LogP contribution >= 0.6 is 11.3 Å². The molecule has 40 heavy (non-hydrogen) atoms. The number of anilines is 1. The maximum atomic E-state index is 13.5. The second-order valence-corrected chi connectivity index (χ2v) is 10.9. The second kappa shape index (κ2) is 10.4. The molecule has 4 aromatic carbocycles. The number of aliphatic hydroxyl groups is 1. The van der Waals surface area contributed by atoms with Gasteiger partial charge >= 0.3 is 5.91 Å². The van der Waals surface area contributed by atoms with E-state index in [2.05, 4.69) is 0 Å². The number of nitrogens with zero attached hydrogens (tertiary/aromatic N) is 2. The first-order valence-electron chi connectivity index (χ1n) is 12.9. The van der Waals surface area contributed by atoms with Crippen LogP contribution in [0, 0.1) is 13.8 Å². The number of aromatic nitrogens is 1. The summed E-state index contributed by atoms with van der Waals surface area (Å²) in [4.78, 5) is 33.1. The van der Waals surface area contributed by atoms with Gasteiger partial charge in [-0.1, -0.05) is 89.7 Å². The van der Waals surface area contributed by atoms with E-state index in [0.29, 0.717) is 28.6 Å². The summed E-state index contributed by atoms with van der Waals surface area (Å²) in [6.45, 7) is 4.35. The predicted molar refractivity (Wildman–Crippen MR) is 158 cm³/mol. The average molecular weight is 547 g/mol. The Morgan fingerprint density at radius 1 is 0.900 bits per heavy atom. The van der Waals surface area contributed by atoms with Crippen molar-refractivity contribution in [2.24, 2.45) is 0 Å². The minimum atomic E-state index is -0.855. The minimum Gasteiger partial charge on any atom is -0.507 e. The van der Waals surface area contributed by atoms with Crippen LogP contribution in [0.2, 0.25) is 0 Å². The number of Topliss-reactive ketones (excluding diaryl/α,β-unsaturated/α-hetero) is 1. The number of hydrogen-bond acceptors (Lipinski definition) is 6. The molecule has 1 fully saturated rings. The Balaban J connectivity index is 1.43. The Labute approximate surface area is 235 Å². The molecule has 198 valence electrons. The molecule has 1 aliphatic heterocycles. The number of rotatable bonds is 6. The van der Waals surface area contributed by atoms with Crippen molar-refractivity contribution in [1.82, 2.24) is 4.98 Å². The molecule has 0 aliphatic carbocycles. The van der Waals surface area contributed by atoms with Crippen molar-refractivity contribution in [2.45, 2.75) is 26.5 Å². The van der Waals surface area contributed by atoms with E-state index >= 15 is 0 Å². The van der Waals surface area contributed by atoms with E-state index in [-0.39, 0.29) is 11.3 Å². The normalized spacial score (nSPS) is 16.6. The highest BCUT2D eigenvalue weighted by molar-refractivity contribution is 7.22. The molecule has 1 saturated heterocycles. The van der Waals surface area contributed by atoms with Gasteiger partial charge in [-0.2, -0.15) is 0 Å². The Morgan fingerprint density at radius 2 is 1.60 bits per heavy atom. The Morgan fingerprint density at radius 3 is 2.33 bits per heavy atom. The molecule has 6 rings (SSSR count). The maximum absolute atomic E-state index is 13.5. The number of carbonyl (C=O) groups is 2. The molecule has 5 aromatic rings. The molecule has 1 amide bonds. The van der Waals surface area contributed by atoms with Gasteiger partial charge < -0.3 is 9.84 Å². The van der Waals surface area contributed by atoms with Crippen LogP contribution in [-0.4, -0.2) is 21.8 Å². The predicted octanol–water partition coefficient (Wildman–Crippen LogP) is 7.12. The third-order valence-corrected chi connectivity index (χ3v) is 7.97. The van der Waals surface area contributed by atoms with Crippen molar-refractivity contribution in [3.63, 3.8) is 0 Å². The largest absolute Gasteiger partial charge is 0.507 e. The Kier molecular flexibility index (Phi) is 6.66. The van der Waals surface area contributed by atoms with Crippen LogP contribution in [0.5, 0.6) is 5.75 Å². The third-order valence-electron chi connectivity index (χ3n) is 6.95. The van der Waals surface area contributed by atoms with E-state index in [9.17, 15) is 14.7 Å². The van der Waals surface area contributed by atoms with Crippen molar-refractivity contribution in [2.75, 3.05) is 4.90 Å². The zero-order chi connectivity index (χ0) is 27.8. The summed E-state index contributed by atoms with van der Waals surface area (Å²) in [5, 5.41) is 11.8. The number of aryl methyl sites for hydroxylation is 2. The molecular formula is C33H26N2O4S. The fraction of sp³-hybridized carbons (Fsp3) is 0.121. The first-order valence-corrected chi connectivity index (χ1v) is 13.7. The van der Waals surface area contributed by atoms with Crippen molar-refractivity contribution in [3.8, 4) is 5.75 Å². The van der Waals surface area contributed by atoms with Crippen LogP contribution in [0.15, 0.2) is 103 Å². The highest BCUT2D eigenvalue weighted by Gasteiger charge is 2.48. The quantitative estimate of drug-likeness (QED) is 0.139. The summed E-state index contributed by atoms with van der Waals surface area (Å²) in [5.74, 6) is -1.03. The lowest BCUT2D eigenvalue weighted by molar-refractivity contribution is -0.132. The molecule has 1 unspecified atom stereocenters. The highest BCUT2D eigenvalue weighted by Crippen LogP contribution is 2.44. The smallest absolute Gasteiger partial charge is 0.301 e. The topological polar surface area (TPSA) is 79.7 Å². The molecule has 1 atom stereocenters. The molecule has 0 spiro atoms. The molecular weight excluding hydrogens is 520 g/mol. The molecule has 2 heterocycles. The lowest BCUT2D eigenvalue weighted by Crippen LogP contribution is -2.29. The van der Waals surface area contributed by atoms with E-state index in [0.717, 1.165) is 26.9 Å². The molecule has 6 nitrogen and oxygen atoms in total. The van der Waals surface area contributed by atoms with Crippen molar-refractivity contribution in [1.29, 1.82) is 0 Å². The molecule has 0 radical (unpaired) electrons. The summed E-state index contributed by atoms with van der Waals surface area (Å²) in [6.07, 6.45) is 0. The molecule has 1 N–H and O–H groups in total. The lowest BCUT2D eigenvalue weighted by Gasteiger charge is -2.23. The number of carbonyl (C=O) groups excluding carboxylic acids is 2. The monoisotopic (exact) mass is 546 g/mol. The van der Waals surface area contributed by atoms with Crippen LogP contribution in [0.1, 0.15) is 33.9 Å². The zero-order valence-corrected chi connectivity index (χ0v) is 22.8. The summed E-state index contributed by atoms with van der Waals surface area (Å²) >= 11 is 1.35. The van der Waals surface area contributed by atoms with Gasteiger partial charge in [-0.25, -0.2) is 4.98 Å². The van der Waals surface area contributed by atoms with E-state index in [1.807, 2.05) is 98.8 Å². The van der Waals surface area contributed by atoms with Gasteiger partial charge in [-0.15, -0.1) is 0 Å². The van der Waals surface area contributed by atoms with Crippen molar-refractivity contribution < 1.29 is 19.4 Å². The number of ketones is 1. The highest BCUT2D eigenvalue weighted by atomic mass is 32.1. The Hall–Kier alpha value is -4.75. The molecule has 0 bridgehead atoms. The first kappa shape index (κ1) is 25.5. The standard InChI is InChI=1S/C33H26N2O4S/c1-20-8-11-24(12-9-20)30(36)28-29(23-13-15-25(16-14-23)39-19-22-6-4-3-5-7-22)35(32(38)31(28)37)33-34-26-17-10-21(2)18-27(26)40-33/h3-18,29,36H,19H2,1-2H3. The first-order chi connectivity index (χ1) is 19.4. The van der Waals surface area contributed by atoms with Crippen LogP contribution in [-0.2, 0) is 16.2 Å². The number of thiazole rings is 1. The third kappa shape index (κ3) is 4.76. The Bertz CT molecular complexity index is 1760. The fourth-order valence-corrected chi connectivity index (χ4v) is 5.91. The van der Waals surface area contributed by atoms with Gasteiger partial charge in [0.2, 0.25) is 0 Å². The number of benzene rings is 4. The average Bonchev–Trinajstić information content (AvgIpc) is 3.50. The second-order valence-electron chi connectivity index (χ2n) is 9.85. The van der Waals surface area contributed by atoms with Crippen molar-refractivity contribution >= 4 is 44.1 Å². The van der Waals surface area contributed by atoms with Crippen LogP contribution < -0.4 is 9.64 Å². The lowest BCUT2D eigenvalue weighted by atomic mass is 9.95. The van der Waals surface area contributed by atoms with Gasteiger partial charge in [0.1, 0.15) is 18.1 Å². The summed E-state index contributed by atoms with van der Waals surface area (Å²) in [5.41, 5.74) is 5.05. The number of hydrogen-bond donors (Lipinski definition) is 1. The van der Waals surface area contributed by atoms with Crippen LogP contribution in [0.3, 0.4) is 0 Å². The summed E-state index contributed by atoms with van der Waals surface area (Å²) < 4.78 is 6.87. The SMILES string of the molecule is Cc1ccc(C(O)=C2C(=O)C(=O)N(c3nc4ccc(C)cc4s3)C2c2ccc(OCc3ccccc3)cc2)cc1. The number of amides is 1. The molecule has 1 aromatic heterocycles. The molecule has 0 saturated carbocycles. The summed E-state index contributed by atoms with van der Waals surface area (Å²) in [7, 11) is 0. The zero-order valence-electron chi connectivity index (χ0n) is 22.0. The van der Waals surface area contributed by atoms with Crippen LogP contribution in [0.25, 0.3) is 16.0 Å². The van der Waals surface area contributed by atoms with E-state index in [1.165, 1.54) is 16.2 Å².